The molecule has 0 spiro atoms. The number of sulfone groups is 1. The highest BCUT2D eigenvalue weighted by molar-refractivity contribution is 7.92. The highest BCUT2D eigenvalue weighted by Gasteiger charge is 2.32. The molecule has 0 radical (unpaired) electrons. The normalized spacial score (nSPS) is 19.6. The Balaban J connectivity index is 2.28. The molecule has 1 aliphatic rings. The number of rotatable bonds is 8. The van der Waals surface area contributed by atoms with Gasteiger partial charge < -0.3 is 10.1 Å². The first-order valence-electron chi connectivity index (χ1n) is 6.51. The van der Waals surface area contributed by atoms with Crippen molar-refractivity contribution in [2.45, 2.75) is 49.5 Å². The van der Waals surface area contributed by atoms with E-state index in [1.807, 2.05) is 6.92 Å². The zero-order valence-electron chi connectivity index (χ0n) is 10.9. The molecule has 5 heteroatoms. The Morgan fingerprint density at radius 1 is 1.35 bits per heavy atom. The van der Waals surface area contributed by atoms with Crippen molar-refractivity contribution in [1.29, 1.82) is 0 Å². The molecule has 0 aliphatic heterocycles. The molecular weight excluding hydrogens is 238 g/mol. The third-order valence-corrected chi connectivity index (χ3v) is 6.15. The summed E-state index contributed by atoms with van der Waals surface area (Å²) in [6, 6.07) is 0. The van der Waals surface area contributed by atoms with Gasteiger partial charge in [0.25, 0.3) is 0 Å². The summed E-state index contributed by atoms with van der Waals surface area (Å²) in [5, 5.41) is 2.84. The third kappa shape index (κ3) is 4.56. The molecule has 0 aromatic carbocycles. The first-order chi connectivity index (χ1) is 8.09. The minimum absolute atomic E-state index is 0.0849. The van der Waals surface area contributed by atoms with Crippen LogP contribution in [-0.4, -0.2) is 45.7 Å². The predicted octanol–water partition coefficient (Wildman–Crippen LogP) is 1.36. The van der Waals surface area contributed by atoms with E-state index in [0.717, 1.165) is 45.3 Å². The van der Waals surface area contributed by atoms with Crippen LogP contribution in [0.5, 0.6) is 0 Å². The molecule has 0 heterocycles. The fraction of sp³-hybridized carbons (Fsp3) is 1.00. The number of methoxy groups -OCH3 is 1. The maximum Gasteiger partial charge on any atom is 0.156 e. The Morgan fingerprint density at radius 2 is 2.00 bits per heavy atom. The van der Waals surface area contributed by atoms with Gasteiger partial charge in [0.1, 0.15) is 0 Å². The maximum absolute atomic E-state index is 12.2. The van der Waals surface area contributed by atoms with E-state index < -0.39 is 9.84 Å². The standard InChI is InChI=1S/C12H25NO3S/c1-11(10-13-8-5-9-16-2)17(14,15)12-6-3-4-7-12/h11-13H,3-10H2,1-2H3. The molecule has 0 amide bonds. The Bertz CT molecular complexity index is 297. The summed E-state index contributed by atoms with van der Waals surface area (Å²) in [6.45, 7) is 3.91. The molecular formula is C12H25NO3S. The SMILES string of the molecule is COCCCNCC(C)S(=O)(=O)C1CCCC1. The molecule has 1 unspecified atom stereocenters. The average molecular weight is 263 g/mol. The van der Waals surface area contributed by atoms with Crippen LogP contribution in [0.4, 0.5) is 0 Å². The largest absolute Gasteiger partial charge is 0.385 e. The highest BCUT2D eigenvalue weighted by Crippen LogP contribution is 2.27. The molecule has 1 aliphatic carbocycles. The second-order valence-electron chi connectivity index (χ2n) is 4.86. The Labute approximate surface area is 105 Å². The van der Waals surface area contributed by atoms with Crippen molar-refractivity contribution in [1.82, 2.24) is 5.32 Å². The van der Waals surface area contributed by atoms with E-state index in [1.165, 1.54) is 0 Å². The van der Waals surface area contributed by atoms with Crippen molar-refractivity contribution in [3.8, 4) is 0 Å². The van der Waals surface area contributed by atoms with Crippen LogP contribution < -0.4 is 5.32 Å². The summed E-state index contributed by atoms with van der Waals surface area (Å²) in [4.78, 5) is 0. The third-order valence-electron chi connectivity index (χ3n) is 3.46. The molecule has 1 N–H and O–H groups in total. The van der Waals surface area contributed by atoms with Gasteiger partial charge in [0.2, 0.25) is 0 Å². The van der Waals surface area contributed by atoms with Gasteiger partial charge in [-0.05, 0) is 32.7 Å². The molecule has 0 aromatic heterocycles. The monoisotopic (exact) mass is 263 g/mol. The fourth-order valence-electron chi connectivity index (χ4n) is 2.31. The minimum Gasteiger partial charge on any atom is -0.385 e. The Kier molecular flexibility index (Phi) is 6.44. The second kappa shape index (κ2) is 7.34. The zero-order valence-corrected chi connectivity index (χ0v) is 11.8. The summed E-state index contributed by atoms with van der Waals surface area (Å²) in [6.07, 6.45) is 4.77. The number of hydrogen-bond acceptors (Lipinski definition) is 4. The second-order valence-corrected chi connectivity index (χ2v) is 7.51. The fourth-order valence-corrected chi connectivity index (χ4v) is 4.31. The van der Waals surface area contributed by atoms with Gasteiger partial charge in [-0.15, -0.1) is 0 Å². The van der Waals surface area contributed by atoms with E-state index in [2.05, 4.69) is 5.32 Å². The summed E-state index contributed by atoms with van der Waals surface area (Å²) >= 11 is 0. The molecule has 0 bridgehead atoms. The summed E-state index contributed by atoms with van der Waals surface area (Å²) in [7, 11) is -1.25. The molecule has 1 fully saturated rings. The van der Waals surface area contributed by atoms with Crippen LogP contribution in [0.1, 0.15) is 39.0 Å². The number of hydrogen-bond donors (Lipinski definition) is 1. The summed E-state index contributed by atoms with van der Waals surface area (Å²) < 4.78 is 29.3. The predicted molar refractivity (Wildman–Crippen MR) is 70.0 cm³/mol. The van der Waals surface area contributed by atoms with Crippen molar-refractivity contribution in [3.05, 3.63) is 0 Å². The molecule has 1 atom stereocenters. The van der Waals surface area contributed by atoms with E-state index in [0.29, 0.717) is 6.54 Å². The Morgan fingerprint density at radius 3 is 2.59 bits per heavy atom. The highest BCUT2D eigenvalue weighted by atomic mass is 32.2. The van der Waals surface area contributed by atoms with Crippen molar-refractivity contribution >= 4 is 9.84 Å². The van der Waals surface area contributed by atoms with E-state index in [1.54, 1.807) is 7.11 Å². The molecule has 17 heavy (non-hydrogen) atoms. The number of nitrogens with one attached hydrogen (secondary N) is 1. The van der Waals surface area contributed by atoms with E-state index >= 15 is 0 Å². The lowest BCUT2D eigenvalue weighted by atomic mass is 10.4. The quantitative estimate of drug-likeness (QED) is 0.672. The van der Waals surface area contributed by atoms with Gasteiger partial charge in [-0.2, -0.15) is 0 Å². The zero-order chi connectivity index (χ0) is 12.7. The van der Waals surface area contributed by atoms with Gasteiger partial charge in [-0.3, -0.25) is 0 Å². The van der Waals surface area contributed by atoms with Gasteiger partial charge in [-0.1, -0.05) is 12.8 Å². The molecule has 0 saturated heterocycles. The van der Waals surface area contributed by atoms with Gasteiger partial charge in [-0.25, -0.2) is 8.42 Å². The first kappa shape index (κ1) is 14.9. The lowest BCUT2D eigenvalue weighted by Crippen LogP contribution is -2.36. The number of ether oxygens (including phenoxy) is 1. The van der Waals surface area contributed by atoms with Gasteiger partial charge >= 0.3 is 0 Å². The minimum atomic E-state index is -2.93. The lowest BCUT2D eigenvalue weighted by molar-refractivity contribution is 0.194. The van der Waals surface area contributed by atoms with Crippen LogP contribution >= 0.6 is 0 Å². The first-order valence-corrected chi connectivity index (χ1v) is 8.12. The van der Waals surface area contributed by atoms with Crippen LogP contribution in [0, 0.1) is 0 Å². The van der Waals surface area contributed by atoms with Crippen LogP contribution in [0.2, 0.25) is 0 Å². The maximum atomic E-state index is 12.2. The van der Waals surface area contributed by atoms with Crippen molar-refractivity contribution in [2.24, 2.45) is 0 Å². The molecule has 4 nitrogen and oxygen atoms in total. The molecule has 1 saturated carbocycles. The lowest BCUT2D eigenvalue weighted by Gasteiger charge is -2.18. The van der Waals surface area contributed by atoms with E-state index in [9.17, 15) is 8.42 Å². The average Bonchev–Trinajstić information content (AvgIpc) is 2.82. The van der Waals surface area contributed by atoms with Crippen LogP contribution in [0.25, 0.3) is 0 Å². The van der Waals surface area contributed by atoms with Crippen molar-refractivity contribution in [2.75, 3.05) is 26.8 Å². The molecule has 0 aromatic rings. The van der Waals surface area contributed by atoms with Crippen LogP contribution in [0.3, 0.4) is 0 Å². The molecule has 102 valence electrons. The van der Waals surface area contributed by atoms with Crippen molar-refractivity contribution < 1.29 is 13.2 Å². The van der Waals surface area contributed by atoms with E-state index in [-0.39, 0.29) is 10.5 Å². The topological polar surface area (TPSA) is 55.4 Å². The van der Waals surface area contributed by atoms with Crippen molar-refractivity contribution in [3.63, 3.8) is 0 Å². The van der Waals surface area contributed by atoms with Gasteiger partial charge in [0.05, 0.1) is 10.5 Å². The van der Waals surface area contributed by atoms with Crippen LogP contribution in [-0.2, 0) is 14.6 Å². The molecule has 1 rings (SSSR count). The smallest absolute Gasteiger partial charge is 0.156 e. The van der Waals surface area contributed by atoms with Gasteiger partial charge in [0.15, 0.2) is 9.84 Å². The summed E-state index contributed by atoms with van der Waals surface area (Å²) in [5.74, 6) is 0. The Hall–Kier alpha value is -0.130. The van der Waals surface area contributed by atoms with Crippen LogP contribution in [0.15, 0.2) is 0 Å². The van der Waals surface area contributed by atoms with Gasteiger partial charge in [0, 0.05) is 20.3 Å². The summed E-state index contributed by atoms with van der Waals surface area (Å²) in [5.41, 5.74) is 0. The van der Waals surface area contributed by atoms with E-state index in [4.69, 9.17) is 4.74 Å².